The van der Waals surface area contributed by atoms with E-state index >= 15 is 0 Å². The Morgan fingerprint density at radius 1 is 1.60 bits per heavy atom. The maximum Gasteiger partial charge on any atom is 0.228 e. The number of nitrogens with two attached hydrogens (primary N) is 1. The normalized spacial score (nSPS) is 16.1. The first kappa shape index (κ1) is 10.5. The van der Waals surface area contributed by atoms with Gasteiger partial charge in [0.2, 0.25) is 5.91 Å². The molecule has 0 aliphatic carbocycles. The van der Waals surface area contributed by atoms with Crippen molar-refractivity contribution in [2.45, 2.75) is 25.8 Å². The van der Waals surface area contributed by atoms with Crippen LogP contribution in [0, 0.1) is 0 Å². The van der Waals surface area contributed by atoms with E-state index in [1.165, 1.54) is 0 Å². The highest BCUT2D eigenvalue weighted by atomic mass is 35.5. The number of halogens is 1. The molecule has 3 nitrogen and oxygen atoms in total. The topological polar surface area (TPSA) is 55.1 Å². The second-order valence-electron chi connectivity index (χ2n) is 3.77. The summed E-state index contributed by atoms with van der Waals surface area (Å²) in [5, 5.41) is 3.39. The maximum absolute atomic E-state index is 11.2. The Hall–Kier alpha value is -1.06. The Bertz CT molecular complexity index is 417. The number of benzene rings is 1. The summed E-state index contributed by atoms with van der Waals surface area (Å²) in [5.74, 6) is 0.0169. The van der Waals surface area contributed by atoms with Crippen molar-refractivity contribution in [1.29, 1.82) is 0 Å². The second kappa shape index (κ2) is 3.83. The molecule has 3 N–H and O–H groups in total. The Labute approximate surface area is 93.6 Å². The van der Waals surface area contributed by atoms with Gasteiger partial charge >= 0.3 is 0 Å². The van der Waals surface area contributed by atoms with Crippen LogP contribution in [0.25, 0.3) is 0 Å². The lowest BCUT2D eigenvalue weighted by Gasteiger charge is -2.12. The first-order chi connectivity index (χ1) is 7.11. The fourth-order valence-corrected chi connectivity index (χ4v) is 2.08. The molecule has 1 atom stereocenters. The van der Waals surface area contributed by atoms with Crippen LogP contribution in [0.3, 0.4) is 0 Å². The molecule has 1 aliphatic heterocycles. The van der Waals surface area contributed by atoms with E-state index < -0.39 is 0 Å². The zero-order valence-corrected chi connectivity index (χ0v) is 9.27. The number of nitrogens with one attached hydrogen (secondary N) is 1. The Morgan fingerprint density at radius 3 is 3.00 bits per heavy atom. The number of carbonyl (C=O) groups excluding carboxylic acids is 1. The molecule has 0 aromatic heterocycles. The van der Waals surface area contributed by atoms with Gasteiger partial charge in [-0.25, -0.2) is 0 Å². The van der Waals surface area contributed by atoms with Crippen molar-refractivity contribution in [2.75, 3.05) is 5.32 Å². The molecule has 15 heavy (non-hydrogen) atoms. The third-order valence-electron chi connectivity index (χ3n) is 2.69. The van der Waals surface area contributed by atoms with Crippen LogP contribution in [0.5, 0.6) is 0 Å². The number of fused-ring (bicyclic) bond motifs is 1. The second-order valence-corrected chi connectivity index (χ2v) is 4.18. The summed E-state index contributed by atoms with van der Waals surface area (Å²) < 4.78 is 0. The minimum atomic E-state index is -0.0569. The van der Waals surface area contributed by atoms with Crippen LogP contribution in [-0.4, -0.2) is 5.91 Å². The van der Waals surface area contributed by atoms with E-state index in [4.69, 9.17) is 17.3 Å². The van der Waals surface area contributed by atoms with Crippen molar-refractivity contribution in [3.63, 3.8) is 0 Å². The zero-order valence-electron chi connectivity index (χ0n) is 8.51. The molecule has 0 saturated carbocycles. The SMILES string of the molecule is CC[C@@H](N)c1cc2c(cc1Cl)NC(=O)C2. The van der Waals surface area contributed by atoms with E-state index in [0.717, 1.165) is 23.2 Å². The largest absolute Gasteiger partial charge is 0.325 e. The molecule has 1 heterocycles. The monoisotopic (exact) mass is 224 g/mol. The quantitative estimate of drug-likeness (QED) is 0.810. The smallest absolute Gasteiger partial charge is 0.228 e. The highest BCUT2D eigenvalue weighted by Crippen LogP contribution is 2.32. The summed E-state index contributed by atoms with van der Waals surface area (Å²) >= 11 is 6.10. The van der Waals surface area contributed by atoms with Gasteiger partial charge in [-0.3, -0.25) is 4.79 Å². The number of anilines is 1. The lowest BCUT2D eigenvalue weighted by molar-refractivity contribution is -0.115. The van der Waals surface area contributed by atoms with E-state index in [9.17, 15) is 4.79 Å². The fourth-order valence-electron chi connectivity index (χ4n) is 1.77. The zero-order chi connectivity index (χ0) is 11.0. The number of carbonyl (C=O) groups is 1. The van der Waals surface area contributed by atoms with E-state index in [0.29, 0.717) is 11.4 Å². The predicted molar refractivity (Wildman–Crippen MR) is 61.0 cm³/mol. The van der Waals surface area contributed by atoms with Gasteiger partial charge in [-0.15, -0.1) is 0 Å². The van der Waals surface area contributed by atoms with E-state index in [1.807, 2.05) is 13.0 Å². The first-order valence-corrected chi connectivity index (χ1v) is 5.37. The van der Waals surface area contributed by atoms with E-state index in [-0.39, 0.29) is 11.9 Å². The minimum Gasteiger partial charge on any atom is -0.325 e. The number of rotatable bonds is 2. The molecular formula is C11H13ClN2O. The van der Waals surface area contributed by atoms with Crippen LogP contribution in [0.2, 0.25) is 5.02 Å². The van der Waals surface area contributed by atoms with Gasteiger partial charge in [-0.1, -0.05) is 24.6 Å². The molecule has 0 unspecified atom stereocenters. The summed E-state index contributed by atoms with van der Waals surface area (Å²) in [6.07, 6.45) is 1.26. The highest BCUT2D eigenvalue weighted by Gasteiger charge is 2.20. The molecule has 1 aliphatic rings. The molecule has 1 aromatic rings. The lowest BCUT2D eigenvalue weighted by atomic mass is 10.0. The summed E-state index contributed by atoms with van der Waals surface area (Å²) in [5.41, 5.74) is 8.67. The molecule has 0 radical (unpaired) electrons. The van der Waals surface area contributed by atoms with Gasteiger partial charge in [-0.05, 0) is 23.6 Å². The molecule has 0 spiro atoms. The molecule has 80 valence electrons. The third-order valence-corrected chi connectivity index (χ3v) is 3.01. The molecule has 2 rings (SSSR count). The average molecular weight is 225 g/mol. The predicted octanol–water partition coefficient (Wildman–Crippen LogP) is 2.24. The van der Waals surface area contributed by atoms with Crippen molar-refractivity contribution in [3.8, 4) is 0 Å². The summed E-state index contributed by atoms with van der Waals surface area (Å²) in [7, 11) is 0. The van der Waals surface area contributed by atoms with Crippen LogP contribution in [0.1, 0.15) is 30.5 Å². The Morgan fingerprint density at radius 2 is 2.33 bits per heavy atom. The average Bonchev–Trinajstić information content (AvgIpc) is 2.55. The van der Waals surface area contributed by atoms with Crippen molar-refractivity contribution in [1.82, 2.24) is 0 Å². The molecule has 0 bridgehead atoms. The molecular weight excluding hydrogens is 212 g/mol. The van der Waals surface area contributed by atoms with Gasteiger partial charge < -0.3 is 11.1 Å². The van der Waals surface area contributed by atoms with Crippen LogP contribution < -0.4 is 11.1 Å². The van der Waals surface area contributed by atoms with Gasteiger partial charge in [0, 0.05) is 16.8 Å². The van der Waals surface area contributed by atoms with Crippen molar-refractivity contribution < 1.29 is 4.79 Å². The van der Waals surface area contributed by atoms with Crippen molar-refractivity contribution in [3.05, 3.63) is 28.3 Å². The number of hydrogen-bond donors (Lipinski definition) is 2. The maximum atomic E-state index is 11.2. The van der Waals surface area contributed by atoms with E-state index in [1.54, 1.807) is 6.07 Å². The van der Waals surface area contributed by atoms with Crippen molar-refractivity contribution in [2.24, 2.45) is 5.73 Å². The van der Waals surface area contributed by atoms with Crippen molar-refractivity contribution >= 4 is 23.2 Å². The standard InChI is InChI=1S/C11H13ClN2O/c1-2-9(13)7-3-6-4-11(15)14-10(6)5-8(7)12/h3,5,9H,2,4,13H2,1H3,(H,14,15)/t9-/m1/s1. The van der Waals surface area contributed by atoms with Crippen LogP contribution in [0.15, 0.2) is 12.1 Å². The number of hydrogen-bond acceptors (Lipinski definition) is 2. The Kier molecular flexibility index (Phi) is 2.67. The summed E-state index contributed by atoms with van der Waals surface area (Å²) in [4.78, 5) is 11.2. The molecule has 0 fully saturated rings. The minimum absolute atomic E-state index is 0.0169. The third kappa shape index (κ3) is 1.85. The van der Waals surface area contributed by atoms with Gasteiger partial charge in [0.15, 0.2) is 0 Å². The molecule has 0 saturated heterocycles. The van der Waals surface area contributed by atoms with Gasteiger partial charge in [0.1, 0.15) is 0 Å². The van der Waals surface area contributed by atoms with Crippen LogP contribution >= 0.6 is 11.6 Å². The molecule has 1 aromatic carbocycles. The number of amides is 1. The van der Waals surface area contributed by atoms with Gasteiger partial charge in [0.25, 0.3) is 0 Å². The van der Waals surface area contributed by atoms with Gasteiger partial charge in [0.05, 0.1) is 6.42 Å². The Balaban J connectivity index is 2.44. The molecule has 1 amide bonds. The summed E-state index contributed by atoms with van der Waals surface area (Å²) in [6.45, 7) is 2.01. The highest BCUT2D eigenvalue weighted by molar-refractivity contribution is 6.32. The van der Waals surface area contributed by atoms with Crippen LogP contribution in [0.4, 0.5) is 5.69 Å². The van der Waals surface area contributed by atoms with E-state index in [2.05, 4.69) is 5.32 Å². The lowest BCUT2D eigenvalue weighted by Crippen LogP contribution is -2.09. The van der Waals surface area contributed by atoms with Crippen LogP contribution in [-0.2, 0) is 11.2 Å². The molecule has 4 heteroatoms. The first-order valence-electron chi connectivity index (χ1n) is 4.99. The van der Waals surface area contributed by atoms with Gasteiger partial charge in [-0.2, -0.15) is 0 Å². The summed E-state index contributed by atoms with van der Waals surface area (Å²) in [6, 6.07) is 3.66. The fraction of sp³-hybridized carbons (Fsp3) is 0.364.